The van der Waals surface area contributed by atoms with E-state index in [-0.39, 0.29) is 12.3 Å². The van der Waals surface area contributed by atoms with Crippen molar-refractivity contribution in [1.29, 1.82) is 0 Å². The van der Waals surface area contributed by atoms with Crippen LogP contribution in [-0.2, 0) is 18.9 Å². The lowest BCUT2D eigenvalue weighted by atomic mass is 10.0. The Labute approximate surface area is 98.5 Å². The van der Waals surface area contributed by atoms with E-state index in [9.17, 15) is 4.79 Å². The fourth-order valence-corrected chi connectivity index (χ4v) is 1.90. The molecule has 0 fully saturated rings. The molecule has 0 aliphatic heterocycles. The summed E-state index contributed by atoms with van der Waals surface area (Å²) in [4.78, 5) is 19.4. The van der Waals surface area contributed by atoms with E-state index in [1.807, 2.05) is 23.2 Å². The zero-order chi connectivity index (χ0) is 12.4. The molecule has 0 saturated carbocycles. The molecule has 0 aromatic carbocycles. The summed E-state index contributed by atoms with van der Waals surface area (Å²) >= 11 is 0. The SMILES string of the molecule is Cn1ccnc1C(CC(=O)O)c1nccn1C. The minimum atomic E-state index is -0.860. The molecular weight excluding hydrogens is 220 g/mol. The molecule has 0 radical (unpaired) electrons. The van der Waals surface area contributed by atoms with Crippen LogP contribution < -0.4 is 0 Å². The molecule has 0 atom stereocenters. The molecule has 2 aromatic heterocycles. The van der Waals surface area contributed by atoms with E-state index >= 15 is 0 Å². The summed E-state index contributed by atoms with van der Waals surface area (Å²) in [5, 5.41) is 8.99. The van der Waals surface area contributed by atoms with E-state index in [1.54, 1.807) is 24.8 Å². The first-order valence-corrected chi connectivity index (χ1v) is 5.26. The number of aliphatic carboxylic acids is 1. The topological polar surface area (TPSA) is 72.9 Å². The molecule has 0 saturated heterocycles. The van der Waals surface area contributed by atoms with Gasteiger partial charge in [-0.3, -0.25) is 4.79 Å². The maximum atomic E-state index is 10.9. The van der Waals surface area contributed by atoms with Crippen molar-refractivity contribution in [2.75, 3.05) is 0 Å². The van der Waals surface area contributed by atoms with Crippen LogP contribution in [0.25, 0.3) is 0 Å². The van der Waals surface area contributed by atoms with Crippen LogP contribution in [0.1, 0.15) is 24.0 Å². The third kappa shape index (κ3) is 2.20. The number of aryl methyl sites for hydroxylation is 2. The van der Waals surface area contributed by atoms with Gasteiger partial charge < -0.3 is 14.2 Å². The summed E-state index contributed by atoms with van der Waals surface area (Å²) in [6.45, 7) is 0. The van der Waals surface area contributed by atoms with Crippen LogP contribution in [0.15, 0.2) is 24.8 Å². The number of carboxylic acid groups (broad SMARTS) is 1. The van der Waals surface area contributed by atoms with Crippen LogP contribution in [0.3, 0.4) is 0 Å². The minimum absolute atomic E-state index is 0.0181. The van der Waals surface area contributed by atoms with E-state index in [2.05, 4.69) is 9.97 Å². The van der Waals surface area contributed by atoms with Gasteiger partial charge in [0.2, 0.25) is 0 Å². The number of rotatable bonds is 4. The third-order valence-corrected chi connectivity index (χ3v) is 2.72. The Balaban J connectivity index is 2.42. The first-order chi connectivity index (χ1) is 8.09. The summed E-state index contributed by atoms with van der Waals surface area (Å²) in [7, 11) is 3.69. The van der Waals surface area contributed by atoms with E-state index in [0.717, 1.165) is 0 Å². The van der Waals surface area contributed by atoms with Gasteiger partial charge in [-0.15, -0.1) is 0 Å². The van der Waals surface area contributed by atoms with Crippen LogP contribution in [0.5, 0.6) is 0 Å². The van der Waals surface area contributed by atoms with Gasteiger partial charge in [0, 0.05) is 38.9 Å². The third-order valence-electron chi connectivity index (χ3n) is 2.72. The number of nitrogens with zero attached hydrogens (tertiary/aromatic N) is 4. The van der Waals surface area contributed by atoms with Gasteiger partial charge in [-0.1, -0.05) is 0 Å². The van der Waals surface area contributed by atoms with Crippen LogP contribution in [0.4, 0.5) is 0 Å². The number of aromatic nitrogens is 4. The van der Waals surface area contributed by atoms with Gasteiger partial charge >= 0.3 is 5.97 Å². The predicted molar refractivity (Wildman–Crippen MR) is 60.5 cm³/mol. The van der Waals surface area contributed by atoms with Gasteiger partial charge in [-0.05, 0) is 0 Å². The molecule has 6 heteroatoms. The Hall–Kier alpha value is -2.11. The van der Waals surface area contributed by atoms with Gasteiger partial charge in [0.25, 0.3) is 0 Å². The lowest BCUT2D eigenvalue weighted by molar-refractivity contribution is -0.137. The number of carboxylic acids is 1. The molecule has 0 unspecified atom stereocenters. The van der Waals surface area contributed by atoms with Gasteiger partial charge in [-0.2, -0.15) is 0 Å². The Kier molecular flexibility index (Phi) is 2.95. The first kappa shape index (κ1) is 11.4. The fourth-order valence-electron chi connectivity index (χ4n) is 1.90. The second-order valence-electron chi connectivity index (χ2n) is 3.94. The maximum Gasteiger partial charge on any atom is 0.304 e. The van der Waals surface area contributed by atoms with Gasteiger partial charge in [0.05, 0.1) is 12.3 Å². The minimum Gasteiger partial charge on any atom is -0.481 e. The second-order valence-corrected chi connectivity index (χ2v) is 3.94. The zero-order valence-electron chi connectivity index (χ0n) is 9.74. The Morgan fingerprint density at radius 3 is 2.00 bits per heavy atom. The van der Waals surface area contributed by atoms with Crippen LogP contribution in [0, 0.1) is 0 Å². The summed E-state index contributed by atoms with van der Waals surface area (Å²) in [6.07, 6.45) is 6.90. The van der Waals surface area contributed by atoms with Gasteiger partial charge in [0.1, 0.15) is 11.6 Å². The molecule has 90 valence electrons. The fraction of sp³-hybridized carbons (Fsp3) is 0.364. The molecule has 0 spiro atoms. The molecule has 0 amide bonds. The standard InChI is InChI=1S/C11H14N4O2/c1-14-5-3-12-10(14)8(7-9(16)17)11-13-4-6-15(11)2/h3-6,8H,7H2,1-2H3,(H,16,17). The lowest BCUT2D eigenvalue weighted by Crippen LogP contribution is -2.16. The quantitative estimate of drug-likeness (QED) is 0.847. The highest BCUT2D eigenvalue weighted by Gasteiger charge is 2.24. The highest BCUT2D eigenvalue weighted by Crippen LogP contribution is 2.24. The Bertz CT molecular complexity index is 489. The summed E-state index contributed by atoms with van der Waals surface area (Å²) in [6, 6.07) is 0. The molecule has 2 aromatic rings. The maximum absolute atomic E-state index is 10.9. The number of hydrogen-bond donors (Lipinski definition) is 1. The summed E-state index contributed by atoms with van der Waals surface area (Å²) < 4.78 is 3.64. The van der Waals surface area contributed by atoms with Crippen molar-refractivity contribution in [3.05, 3.63) is 36.4 Å². The van der Waals surface area contributed by atoms with Crippen LogP contribution >= 0.6 is 0 Å². The van der Waals surface area contributed by atoms with E-state index in [0.29, 0.717) is 11.6 Å². The van der Waals surface area contributed by atoms with E-state index in [4.69, 9.17) is 5.11 Å². The van der Waals surface area contributed by atoms with Crippen molar-refractivity contribution in [3.8, 4) is 0 Å². The molecule has 1 N–H and O–H groups in total. The van der Waals surface area contributed by atoms with Crippen molar-refractivity contribution in [1.82, 2.24) is 19.1 Å². The number of hydrogen-bond acceptors (Lipinski definition) is 3. The smallest absolute Gasteiger partial charge is 0.304 e. The van der Waals surface area contributed by atoms with Crippen LogP contribution in [0.2, 0.25) is 0 Å². The number of imidazole rings is 2. The van der Waals surface area contributed by atoms with Crippen LogP contribution in [-0.4, -0.2) is 30.2 Å². The van der Waals surface area contributed by atoms with Crippen molar-refractivity contribution >= 4 is 5.97 Å². The largest absolute Gasteiger partial charge is 0.481 e. The summed E-state index contributed by atoms with van der Waals surface area (Å²) in [5.41, 5.74) is 0. The zero-order valence-corrected chi connectivity index (χ0v) is 9.74. The Morgan fingerprint density at radius 2 is 1.71 bits per heavy atom. The first-order valence-electron chi connectivity index (χ1n) is 5.26. The van der Waals surface area contributed by atoms with Gasteiger partial charge in [0.15, 0.2) is 0 Å². The normalized spacial score (nSPS) is 11.0. The molecule has 0 bridgehead atoms. The Morgan fingerprint density at radius 1 is 1.24 bits per heavy atom. The molecular formula is C11H14N4O2. The van der Waals surface area contributed by atoms with Gasteiger partial charge in [-0.25, -0.2) is 9.97 Å². The number of carbonyl (C=O) groups is 1. The van der Waals surface area contributed by atoms with Crippen molar-refractivity contribution in [2.24, 2.45) is 14.1 Å². The molecule has 0 aliphatic rings. The monoisotopic (exact) mass is 234 g/mol. The highest BCUT2D eigenvalue weighted by atomic mass is 16.4. The van der Waals surface area contributed by atoms with Crippen molar-refractivity contribution in [3.63, 3.8) is 0 Å². The van der Waals surface area contributed by atoms with E-state index < -0.39 is 5.97 Å². The van der Waals surface area contributed by atoms with E-state index in [1.165, 1.54) is 0 Å². The molecule has 2 rings (SSSR count). The average molecular weight is 234 g/mol. The molecule has 17 heavy (non-hydrogen) atoms. The lowest BCUT2D eigenvalue weighted by Gasteiger charge is -2.14. The van der Waals surface area contributed by atoms with Crippen molar-refractivity contribution in [2.45, 2.75) is 12.3 Å². The molecule has 0 aliphatic carbocycles. The molecule has 2 heterocycles. The molecule has 6 nitrogen and oxygen atoms in total. The summed E-state index contributed by atoms with van der Waals surface area (Å²) in [5.74, 6) is 0.233. The highest BCUT2D eigenvalue weighted by molar-refractivity contribution is 5.68. The van der Waals surface area contributed by atoms with Crippen molar-refractivity contribution < 1.29 is 9.90 Å². The average Bonchev–Trinajstić information content (AvgIpc) is 2.84. The second kappa shape index (κ2) is 4.40. The predicted octanol–water partition coefficient (Wildman–Crippen LogP) is 0.760.